The molecule has 4 aromatic rings. The third-order valence-corrected chi connectivity index (χ3v) is 6.90. The van der Waals surface area contributed by atoms with Crippen LogP contribution in [0.4, 0.5) is 0 Å². The van der Waals surface area contributed by atoms with Crippen LogP contribution in [0.5, 0.6) is 17.4 Å². The minimum atomic E-state index is -0.624. The molecule has 0 amide bonds. The van der Waals surface area contributed by atoms with E-state index in [9.17, 15) is 5.11 Å². The molecule has 1 aliphatic rings. The van der Waals surface area contributed by atoms with Crippen LogP contribution in [0.1, 0.15) is 35.8 Å². The number of benzene rings is 3. The quantitative estimate of drug-likeness (QED) is 0.278. The summed E-state index contributed by atoms with van der Waals surface area (Å²) in [6.45, 7) is 4.52. The lowest BCUT2D eigenvalue weighted by Gasteiger charge is -2.28. The number of aliphatic hydroxyl groups is 1. The average Bonchev–Trinajstić information content (AvgIpc) is 3.58. The highest BCUT2D eigenvalue weighted by Gasteiger charge is 2.26. The summed E-state index contributed by atoms with van der Waals surface area (Å²) in [6.07, 6.45) is 1.60. The second-order valence-electron chi connectivity index (χ2n) is 9.62. The number of aryl methyl sites for hydroxylation is 1. The maximum Gasteiger partial charge on any atom is 0.227 e. The number of ether oxygens (including phenoxy) is 3. The summed E-state index contributed by atoms with van der Waals surface area (Å²) >= 11 is 0. The van der Waals surface area contributed by atoms with Gasteiger partial charge in [0.25, 0.3) is 0 Å². The van der Waals surface area contributed by atoms with E-state index < -0.39 is 6.10 Å². The van der Waals surface area contributed by atoms with Crippen LogP contribution in [0.3, 0.4) is 0 Å². The molecule has 1 N–H and O–H groups in total. The summed E-state index contributed by atoms with van der Waals surface area (Å²) in [5, 5.41) is 16.0. The van der Waals surface area contributed by atoms with Crippen molar-refractivity contribution in [3.8, 4) is 23.1 Å². The molecule has 7 heteroatoms. The molecule has 7 nitrogen and oxygen atoms in total. The predicted molar refractivity (Wildman–Crippen MR) is 147 cm³/mol. The highest BCUT2D eigenvalue weighted by atomic mass is 16.5. The standard InChI is InChI=1S/C31H35N3O4/c1-23-27(21-33(20-26-16-11-19-37-26)22-28(35)24-12-5-3-6-13-24)31(34(32-23)25-14-7-4-8-15-25)38-30-18-10-9-17-29(30)36-2/h3-10,12-15,17-18,26,28,35H,11,16,19-22H2,1-2H3. The van der Waals surface area contributed by atoms with Crippen molar-refractivity contribution in [3.05, 3.63) is 102 Å². The van der Waals surface area contributed by atoms with Crippen molar-refractivity contribution in [1.82, 2.24) is 14.7 Å². The number of rotatable bonds is 11. The Morgan fingerprint density at radius 3 is 2.37 bits per heavy atom. The number of para-hydroxylation sites is 3. The van der Waals surface area contributed by atoms with Gasteiger partial charge in [0.05, 0.1) is 36.3 Å². The van der Waals surface area contributed by atoms with E-state index in [1.54, 1.807) is 7.11 Å². The lowest BCUT2D eigenvalue weighted by molar-refractivity contribution is 0.0457. The molecule has 0 spiro atoms. The van der Waals surface area contributed by atoms with Gasteiger partial charge >= 0.3 is 0 Å². The third-order valence-electron chi connectivity index (χ3n) is 6.90. The fourth-order valence-corrected chi connectivity index (χ4v) is 4.91. The van der Waals surface area contributed by atoms with E-state index in [0.29, 0.717) is 37.0 Å². The molecule has 2 atom stereocenters. The first-order chi connectivity index (χ1) is 18.6. The monoisotopic (exact) mass is 513 g/mol. The van der Waals surface area contributed by atoms with Crippen LogP contribution in [0.25, 0.3) is 5.69 Å². The Morgan fingerprint density at radius 1 is 1.00 bits per heavy atom. The predicted octanol–water partition coefficient (Wildman–Crippen LogP) is 5.70. The van der Waals surface area contributed by atoms with E-state index >= 15 is 0 Å². The zero-order chi connectivity index (χ0) is 26.3. The number of aliphatic hydroxyl groups excluding tert-OH is 1. The van der Waals surface area contributed by atoms with E-state index in [2.05, 4.69) is 4.90 Å². The molecule has 198 valence electrons. The van der Waals surface area contributed by atoms with Gasteiger partial charge in [-0.3, -0.25) is 4.90 Å². The molecule has 5 rings (SSSR count). The average molecular weight is 514 g/mol. The maximum atomic E-state index is 11.1. The molecule has 0 bridgehead atoms. The third kappa shape index (κ3) is 6.07. The van der Waals surface area contributed by atoms with Crippen molar-refractivity contribution < 1.29 is 19.3 Å². The number of hydrogen-bond donors (Lipinski definition) is 1. The lowest BCUT2D eigenvalue weighted by atomic mass is 10.1. The first kappa shape index (κ1) is 26.0. The summed E-state index contributed by atoms with van der Waals surface area (Å²) in [5.41, 5.74) is 3.62. The molecule has 2 heterocycles. The summed E-state index contributed by atoms with van der Waals surface area (Å²) in [6, 6.07) is 27.4. The van der Waals surface area contributed by atoms with Crippen molar-refractivity contribution in [2.24, 2.45) is 0 Å². The van der Waals surface area contributed by atoms with Gasteiger partial charge in [0, 0.05) is 26.2 Å². The maximum absolute atomic E-state index is 11.1. The summed E-state index contributed by atoms with van der Waals surface area (Å²) in [7, 11) is 1.64. The topological polar surface area (TPSA) is 69.0 Å². The van der Waals surface area contributed by atoms with Crippen LogP contribution in [0.15, 0.2) is 84.9 Å². The summed E-state index contributed by atoms with van der Waals surface area (Å²) in [4.78, 5) is 2.25. The van der Waals surface area contributed by atoms with Crippen molar-refractivity contribution in [3.63, 3.8) is 0 Å². The second-order valence-corrected chi connectivity index (χ2v) is 9.62. The van der Waals surface area contributed by atoms with Crippen molar-refractivity contribution in [1.29, 1.82) is 0 Å². The smallest absolute Gasteiger partial charge is 0.227 e. The molecule has 1 fully saturated rings. The van der Waals surface area contributed by atoms with Crippen molar-refractivity contribution in [2.45, 2.75) is 38.5 Å². The Bertz CT molecular complexity index is 1300. The second kappa shape index (κ2) is 12.3. The van der Waals surface area contributed by atoms with Gasteiger partial charge in [-0.25, -0.2) is 4.68 Å². The Hall–Kier alpha value is -3.65. The molecule has 38 heavy (non-hydrogen) atoms. The number of hydrogen-bond acceptors (Lipinski definition) is 6. The molecule has 1 aliphatic heterocycles. The van der Waals surface area contributed by atoms with E-state index in [1.165, 1.54) is 0 Å². The number of methoxy groups -OCH3 is 1. The highest BCUT2D eigenvalue weighted by molar-refractivity contribution is 5.47. The fraction of sp³-hybridized carbons (Fsp3) is 0.323. The van der Waals surface area contributed by atoms with Gasteiger partial charge < -0.3 is 19.3 Å². The first-order valence-electron chi connectivity index (χ1n) is 13.1. The fourth-order valence-electron chi connectivity index (χ4n) is 4.91. The van der Waals surface area contributed by atoms with E-state index in [-0.39, 0.29) is 6.10 Å². The Morgan fingerprint density at radius 2 is 1.68 bits per heavy atom. The zero-order valence-corrected chi connectivity index (χ0v) is 22.0. The van der Waals surface area contributed by atoms with Gasteiger partial charge in [-0.2, -0.15) is 5.10 Å². The summed E-state index contributed by atoms with van der Waals surface area (Å²) in [5.74, 6) is 1.89. The molecule has 0 radical (unpaired) electrons. The zero-order valence-electron chi connectivity index (χ0n) is 22.0. The van der Waals surface area contributed by atoms with Gasteiger partial charge in [0.15, 0.2) is 11.5 Å². The Balaban J connectivity index is 1.50. The molecule has 2 unspecified atom stereocenters. The summed E-state index contributed by atoms with van der Waals surface area (Å²) < 4.78 is 19.9. The molecule has 1 saturated heterocycles. The highest BCUT2D eigenvalue weighted by Crippen LogP contribution is 2.36. The van der Waals surface area contributed by atoms with Crippen LogP contribution in [0.2, 0.25) is 0 Å². The van der Waals surface area contributed by atoms with Gasteiger partial charge in [-0.05, 0) is 49.6 Å². The SMILES string of the molecule is COc1ccccc1Oc1c(CN(CC2CCCO2)CC(O)c2ccccc2)c(C)nn1-c1ccccc1. The Kier molecular flexibility index (Phi) is 8.38. The minimum absolute atomic E-state index is 0.140. The molecular weight excluding hydrogens is 478 g/mol. The van der Waals surface area contributed by atoms with Gasteiger partial charge in [-0.1, -0.05) is 60.7 Å². The van der Waals surface area contributed by atoms with Crippen LogP contribution in [-0.2, 0) is 11.3 Å². The Labute approximate surface area is 224 Å². The minimum Gasteiger partial charge on any atom is -0.493 e. The lowest BCUT2D eigenvalue weighted by Crippen LogP contribution is -2.35. The number of aromatic nitrogens is 2. The van der Waals surface area contributed by atoms with Gasteiger partial charge in [-0.15, -0.1) is 0 Å². The van der Waals surface area contributed by atoms with Gasteiger partial charge in [0.1, 0.15) is 0 Å². The first-order valence-corrected chi connectivity index (χ1v) is 13.1. The van der Waals surface area contributed by atoms with Crippen molar-refractivity contribution >= 4 is 0 Å². The molecule has 0 aliphatic carbocycles. The molecule has 3 aromatic carbocycles. The molecule has 0 saturated carbocycles. The van der Waals surface area contributed by atoms with Crippen LogP contribution in [0, 0.1) is 6.92 Å². The molecule has 1 aromatic heterocycles. The van der Waals surface area contributed by atoms with Crippen LogP contribution >= 0.6 is 0 Å². The van der Waals surface area contributed by atoms with E-state index in [4.69, 9.17) is 19.3 Å². The normalized spacial score (nSPS) is 16.1. The number of nitrogens with zero attached hydrogens (tertiary/aromatic N) is 3. The van der Waals surface area contributed by atoms with Crippen LogP contribution < -0.4 is 9.47 Å². The largest absolute Gasteiger partial charge is 0.493 e. The van der Waals surface area contributed by atoms with Crippen LogP contribution in [-0.4, -0.2) is 52.7 Å². The molecular formula is C31H35N3O4. The van der Waals surface area contributed by atoms with Crippen molar-refractivity contribution in [2.75, 3.05) is 26.8 Å². The van der Waals surface area contributed by atoms with E-state index in [0.717, 1.165) is 42.0 Å². The van der Waals surface area contributed by atoms with Gasteiger partial charge in [0.2, 0.25) is 5.88 Å². The van der Waals surface area contributed by atoms with E-state index in [1.807, 2.05) is 96.5 Å².